The first-order valence-electron chi connectivity index (χ1n) is 6.65. The highest BCUT2D eigenvalue weighted by atomic mass is 16.5. The first kappa shape index (κ1) is 11.5. The zero-order valence-electron chi connectivity index (χ0n) is 10.4. The Morgan fingerprint density at radius 2 is 2.39 bits per heavy atom. The van der Waals surface area contributed by atoms with Gasteiger partial charge in [-0.2, -0.15) is 5.26 Å². The van der Waals surface area contributed by atoms with Gasteiger partial charge < -0.3 is 10.1 Å². The fourth-order valence-corrected chi connectivity index (χ4v) is 2.71. The smallest absolute Gasteiger partial charge is 0.144 e. The first-order valence-corrected chi connectivity index (χ1v) is 6.65. The van der Waals surface area contributed by atoms with Gasteiger partial charge >= 0.3 is 0 Å². The number of nitriles is 1. The summed E-state index contributed by atoms with van der Waals surface area (Å²) in [6, 6.07) is 4.23. The summed E-state index contributed by atoms with van der Waals surface area (Å²) in [6.45, 7) is 1.61. The van der Waals surface area contributed by atoms with Crippen molar-refractivity contribution < 1.29 is 4.74 Å². The molecular weight excluding hydrogens is 226 g/mol. The molecule has 0 bridgehead atoms. The molecule has 1 aromatic rings. The maximum atomic E-state index is 9.18. The highest BCUT2D eigenvalue weighted by molar-refractivity contribution is 5.55. The van der Waals surface area contributed by atoms with Gasteiger partial charge in [-0.25, -0.2) is 4.98 Å². The molecule has 1 N–H and O–H groups in total. The highest BCUT2D eigenvalue weighted by Crippen LogP contribution is 2.25. The second-order valence-corrected chi connectivity index (χ2v) is 4.97. The van der Waals surface area contributed by atoms with Crippen molar-refractivity contribution in [1.29, 1.82) is 5.26 Å². The van der Waals surface area contributed by atoms with Crippen LogP contribution in [0.5, 0.6) is 0 Å². The number of nitrogens with one attached hydrogen (secondary N) is 1. The minimum Gasteiger partial charge on any atom is -0.376 e. The quantitative estimate of drug-likeness (QED) is 0.882. The predicted molar refractivity (Wildman–Crippen MR) is 68.4 cm³/mol. The molecule has 18 heavy (non-hydrogen) atoms. The Bertz CT molecular complexity index is 487. The third-order valence-electron chi connectivity index (χ3n) is 3.69. The lowest BCUT2D eigenvalue weighted by Gasteiger charge is -2.13. The van der Waals surface area contributed by atoms with E-state index < -0.39 is 0 Å². The Morgan fingerprint density at radius 1 is 1.44 bits per heavy atom. The number of fused-ring (bicyclic) bond motifs is 1. The van der Waals surface area contributed by atoms with Crippen molar-refractivity contribution in [3.8, 4) is 6.07 Å². The van der Waals surface area contributed by atoms with E-state index in [0.717, 1.165) is 56.8 Å². The van der Waals surface area contributed by atoms with E-state index in [9.17, 15) is 5.26 Å². The van der Waals surface area contributed by atoms with Crippen LogP contribution in [0.1, 0.15) is 36.1 Å². The van der Waals surface area contributed by atoms with Gasteiger partial charge in [0.05, 0.1) is 11.7 Å². The molecular formula is C14H17N3O. The SMILES string of the molecule is N#Cc1cc2c(nc1NCC1CCCO1)CCC2. The summed E-state index contributed by atoms with van der Waals surface area (Å²) in [5.74, 6) is 0.730. The Hall–Kier alpha value is -1.60. The minimum absolute atomic E-state index is 0.270. The standard InChI is InChI=1S/C14H17N3O/c15-8-11-7-10-3-1-5-13(10)17-14(11)16-9-12-4-2-6-18-12/h7,12H,1-6,9H2,(H,16,17). The van der Waals surface area contributed by atoms with Gasteiger partial charge in [0.2, 0.25) is 0 Å². The molecule has 4 heteroatoms. The molecule has 0 amide bonds. The van der Waals surface area contributed by atoms with Crippen LogP contribution in [0.15, 0.2) is 6.07 Å². The Morgan fingerprint density at radius 3 is 3.17 bits per heavy atom. The summed E-state index contributed by atoms with van der Waals surface area (Å²) in [4.78, 5) is 4.60. The second-order valence-electron chi connectivity index (χ2n) is 4.97. The van der Waals surface area contributed by atoms with Crippen LogP contribution < -0.4 is 5.32 Å². The van der Waals surface area contributed by atoms with Crippen LogP contribution in [0.4, 0.5) is 5.82 Å². The average molecular weight is 243 g/mol. The maximum Gasteiger partial charge on any atom is 0.144 e. The zero-order chi connectivity index (χ0) is 12.4. The topological polar surface area (TPSA) is 57.9 Å². The third-order valence-corrected chi connectivity index (χ3v) is 3.69. The van der Waals surface area contributed by atoms with Gasteiger partial charge in [0.15, 0.2) is 0 Å². The van der Waals surface area contributed by atoms with Gasteiger partial charge in [-0.3, -0.25) is 0 Å². The van der Waals surface area contributed by atoms with Gasteiger partial charge in [-0.15, -0.1) is 0 Å². The van der Waals surface area contributed by atoms with Crippen molar-refractivity contribution in [2.24, 2.45) is 0 Å². The molecule has 0 aromatic carbocycles. The van der Waals surface area contributed by atoms with Crippen LogP contribution in [-0.4, -0.2) is 24.2 Å². The molecule has 2 aliphatic rings. The van der Waals surface area contributed by atoms with E-state index in [-0.39, 0.29) is 6.10 Å². The summed E-state index contributed by atoms with van der Waals surface area (Å²) < 4.78 is 5.57. The van der Waals surface area contributed by atoms with E-state index in [2.05, 4.69) is 16.4 Å². The van der Waals surface area contributed by atoms with Crippen molar-refractivity contribution in [3.63, 3.8) is 0 Å². The first-order chi connectivity index (χ1) is 8.86. The molecule has 3 rings (SSSR count). The lowest BCUT2D eigenvalue weighted by molar-refractivity contribution is 0.120. The number of hydrogen-bond donors (Lipinski definition) is 1. The minimum atomic E-state index is 0.270. The fraction of sp³-hybridized carbons (Fsp3) is 0.571. The van der Waals surface area contributed by atoms with Crippen LogP contribution >= 0.6 is 0 Å². The number of pyridine rings is 1. The van der Waals surface area contributed by atoms with Crippen LogP contribution in [0.3, 0.4) is 0 Å². The van der Waals surface area contributed by atoms with Gasteiger partial charge in [0.25, 0.3) is 0 Å². The van der Waals surface area contributed by atoms with Crippen molar-refractivity contribution in [3.05, 3.63) is 22.9 Å². The van der Waals surface area contributed by atoms with Gasteiger partial charge in [0.1, 0.15) is 11.9 Å². The average Bonchev–Trinajstić information content (AvgIpc) is 3.05. The summed E-state index contributed by atoms with van der Waals surface area (Å²) in [5, 5.41) is 12.5. The fourth-order valence-electron chi connectivity index (χ4n) is 2.71. The van der Waals surface area contributed by atoms with Crippen LogP contribution in [-0.2, 0) is 17.6 Å². The third kappa shape index (κ3) is 2.19. The van der Waals surface area contributed by atoms with Crippen molar-refractivity contribution in [2.45, 2.75) is 38.2 Å². The molecule has 0 radical (unpaired) electrons. The molecule has 1 atom stereocenters. The molecule has 1 aliphatic heterocycles. The van der Waals surface area contributed by atoms with Gasteiger partial charge in [-0.05, 0) is 43.7 Å². The molecule has 1 unspecified atom stereocenters. The van der Waals surface area contributed by atoms with Crippen LogP contribution in [0, 0.1) is 11.3 Å². The van der Waals surface area contributed by atoms with Crippen molar-refractivity contribution in [2.75, 3.05) is 18.5 Å². The number of aryl methyl sites for hydroxylation is 2. The molecule has 1 fully saturated rings. The highest BCUT2D eigenvalue weighted by Gasteiger charge is 2.19. The lowest BCUT2D eigenvalue weighted by atomic mass is 10.1. The molecule has 1 aromatic heterocycles. The van der Waals surface area contributed by atoms with E-state index in [0.29, 0.717) is 5.56 Å². The largest absolute Gasteiger partial charge is 0.376 e. The molecule has 2 heterocycles. The van der Waals surface area contributed by atoms with Crippen LogP contribution in [0.2, 0.25) is 0 Å². The number of anilines is 1. The van der Waals surface area contributed by atoms with E-state index in [1.807, 2.05) is 6.07 Å². The molecule has 1 saturated heterocycles. The summed E-state index contributed by atoms with van der Waals surface area (Å²) in [6.07, 6.45) is 5.75. The number of aromatic nitrogens is 1. The van der Waals surface area contributed by atoms with E-state index in [1.165, 1.54) is 5.56 Å². The molecule has 4 nitrogen and oxygen atoms in total. The molecule has 94 valence electrons. The number of nitrogens with zero attached hydrogens (tertiary/aromatic N) is 2. The zero-order valence-corrected chi connectivity index (χ0v) is 10.4. The van der Waals surface area contributed by atoms with E-state index in [1.54, 1.807) is 0 Å². The molecule has 1 aliphatic carbocycles. The van der Waals surface area contributed by atoms with Gasteiger partial charge in [0, 0.05) is 18.8 Å². The van der Waals surface area contributed by atoms with E-state index >= 15 is 0 Å². The normalized spacial score (nSPS) is 21.6. The van der Waals surface area contributed by atoms with Gasteiger partial charge in [-0.1, -0.05) is 0 Å². The number of rotatable bonds is 3. The predicted octanol–water partition coefficient (Wildman–Crippen LogP) is 2.03. The summed E-state index contributed by atoms with van der Waals surface area (Å²) in [5.41, 5.74) is 3.06. The Kier molecular flexibility index (Phi) is 3.16. The number of ether oxygens (including phenoxy) is 1. The number of hydrogen-bond acceptors (Lipinski definition) is 4. The lowest BCUT2D eigenvalue weighted by Crippen LogP contribution is -2.19. The summed E-state index contributed by atoms with van der Waals surface area (Å²) >= 11 is 0. The monoisotopic (exact) mass is 243 g/mol. The Balaban J connectivity index is 1.76. The van der Waals surface area contributed by atoms with E-state index in [4.69, 9.17) is 4.74 Å². The second kappa shape index (κ2) is 4.95. The van der Waals surface area contributed by atoms with Crippen molar-refractivity contribution >= 4 is 5.82 Å². The van der Waals surface area contributed by atoms with Crippen molar-refractivity contribution in [1.82, 2.24) is 4.98 Å². The Labute approximate surface area is 107 Å². The van der Waals surface area contributed by atoms with Crippen LogP contribution in [0.25, 0.3) is 0 Å². The molecule has 0 spiro atoms. The maximum absolute atomic E-state index is 9.18. The molecule has 0 saturated carbocycles. The summed E-state index contributed by atoms with van der Waals surface area (Å²) in [7, 11) is 0.